The molecule has 35 heavy (non-hydrogen) atoms. The molecule has 0 aliphatic rings. The maximum Gasteiger partial charge on any atom is 0.321 e. The zero-order valence-electron chi connectivity index (χ0n) is 19.6. The number of rotatable bonds is 9. The molecule has 0 saturated carbocycles. The van der Waals surface area contributed by atoms with Gasteiger partial charge in [0.15, 0.2) is 15.6 Å². The monoisotopic (exact) mass is 494 g/mol. The van der Waals surface area contributed by atoms with Crippen LogP contribution in [0.15, 0.2) is 65.7 Å². The van der Waals surface area contributed by atoms with E-state index in [-0.39, 0.29) is 11.5 Å². The second-order valence-corrected chi connectivity index (χ2v) is 10.1. The van der Waals surface area contributed by atoms with Crippen molar-refractivity contribution in [1.82, 2.24) is 14.8 Å². The van der Waals surface area contributed by atoms with Crippen LogP contribution in [0.25, 0.3) is 22.2 Å². The van der Waals surface area contributed by atoms with Gasteiger partial charge in [-0.25, -0.2) is 8.42 Å². The lowest BCUT2D eigenvalue weighted by atomic mass is 10.1. The smallest absolute Gasteiger partial charge is 0.321 e. The van der Waals surface area contributed by atoms with Crippen LogP contribution in [-0.2, 0) is 31.2 Å². The van der Waals surface area contributed by atoms with Gasteiger partial charge in [-0.05, 0) is 37.6 Å². The van der Waals surface area contributed by atoms with Gasteiger partial charge in [0, 0.05) is 30.3 Å². The van der Waals surface area contributed by atoms with Crippen molar-refractivity contribution < 1.29 is 22.7 Å². The third kappa shape index (κ3) is 4.83. The number of H-pyrrole nitrogens is 1. The summed E-state index contributed by atoms with van der Waals surface area (Å²) in [6.45, 7) is 3.57. The van der Waals surface area contributed by atoms with E-state index in [0.717, 1.165) is 34.1 Å². The van der Waals surface area contributed by atoms with Crippen molar-refractivity contribution in [3.8, 4) is 11.3 Å². The lowest BCUT2D eigenvalue weighted by molar-refractivity contribution is -0.139. The molecule has 0 fully saturated rings. The topological polar surface area (TPSA) is 114 Å². The molecule has 0 unspecified atom stereocenters. The van der Waals surface area contributed by atoms with E-state index in [9.17, 15) is 18.0 Å². The molecule has 0 aliphatic carbocycles. The molecule has 10 heteroatoms. The lowest BCUT2D eigenvalue weighted by Gasteiger charge is -2.25. The summed E-state index contributed by atoms with van der Waals surface area (Å²) < 4.78 is 31.4. The third-order valence-corrected chi connectivity index (χ3v) is 7.45. The fourth-order valence-corrected chi connectivity index (χ4v) is 5.14. The van der Waals surface area contributed by atoms with Gasteiger partial charge >= 0.3 is 5.97 Å². The molecule has 2 heterocycles. The molecule has 0 spiro atoms. The van der Waals surface area contributed by atoms with Gasteiger partial charge in [0.25, 0.3) is 0 Å². The molecule has 2 aromatic heterocycles. The fraction of sp³-hybridized carbons (Fsp3) is 0.240. The standard InChI is InChI=1S/C25H26N4O5S/c1-4-34-24(31)15-35(32,33)20-10-8-18(9-11-20)17(2)29(16-30)23-14-22(27-28(23)3)21-7-5-6-19-12-13-26-25(19)21/h5-14,16-17,26H,4,15H2,1-3H3/t17-/m1/s1. The highest BCUT2D eigenvalue weighted by Gasteiger charge is 2.23. The van der Waals surface area contributed by atoms with Crippen LogP contribution in [0.3, 0.4) is 0 Å². The minimum absolute atomic E-state index is 0.0148. The SMILES string of the molecule is CCOC(=O)CS(=O)(=O)c1ccc([C@@H](C)N(C=O)c2cc(-c3cccc4cc[nH]c34)nn2C)cc1. The second kappa shape index (κ2) is 9.75. The summed E-state index contributed by atoms with van der Waals surface area (Å²) >= 11 is 0. The molecular weight excluding hydrogens is 468 g/mol. The number of carbonyl (C=O) groups is 2. The number of aromatic amines is 1. The number of anilines is 1. The molecule has 2 aromatic carbocycles. The predicted molar refractivity (Wildman–Crippen MR) is 133 cm³/mol. The number of carbonyl (C=O) groups excluding carboxylic acids is 2. The number of aryl methyl sites for hydroxylation is 1. The number of nitrogens with zero attached hydrogens (tertiary/aromatic N) is 3. The Morgan fingerprint density at radius 2 is 1.94 bits per heavy atom. The van der Waals surface area contributed by atoms with E-state index in [1.165, 1.54) is 17.0 Å². The summed E-state index contributed by atoms with van der Waals surface area (Å²) in [6, 6.07) is 15.5. The number of esters is 1. The highest BCUT2D eigenvalue weighted by Crippen LogP contribution is 2.32. The highest BCUT2D eigenvalue weighted by atomic mass is 32.2. The summed E-state index contributed by atoms with van der Waals surface area (Å²) in [6.07, 6.45) is 2.60. The lowest BCUT2D eigenvalue weighted by Crippen LogP contribution is -2.27. The molecular formula is C25H26N4O5S. The number of ether oxygens (including phenoxy) is 1. The number of fused-ring (bicyclic) bond motifs is 1. The number of para-hydroxylation sites is 1. The quantitative estimate of drug-likeness (QED) is 0.281. The van der Waals surface area contributed by atoms with E-state index in [2.05, 4.69) is 10.1 Å². The number of benzene rings is 2. The average molecular weight is 495 g/mol. The summed E-state index contributed by atoms with van der Waals surface area (Å²) in [5.74, 6) is -0.925. The summed E-state index contributed by atoms with van der Waals surface area (Å²) in [5.41, 5.74) is 3.32. The minimum Gasteiger partial charge on any atom is -0.465 e. The Hall–Kier alpha value is -3.92. The molecule has 1 N–H and O–H groups in total. The normalized spacial score (nSPS) is 12.4. The van der Waals surface area contributed by atoms with Gasteiger partial charge in [-0.1, -0.05) is 30.3 Å². The van der Waals surface area contributed by atoms with Crippen LogP contribution >= 0.6 is 0 Å². The van der Waals surface area contributed by atoms with Crippen LogP contribution in [0.2, 0.25) is 0 Å². The Bertz CT molecular complexity index is 1470. The van der Waals surface area contributed by atoms with Gasteiger partial charge in [-0.2, -0.15) is 5.10 Å². The number of hydrogen-bond donors (Lipinski definition) is 1. The molecule has 9 nitrogen and oxygen atoms in total. The second-order valence-electron chi connectivity index (χ2n) is 8.08. The average Bonchev–Trinajstić information content (AvgIpc) is 3.46. The van der Waals surface area contributed by atoms with Crippen LogP contribution in [0.4, 0.5) is 5.82 Å². The van der Waals surface area contributed by atoms with E-state index in [4.69, 9.17) is 4.74 Å². The molecule has 4 aromatic rings. The Balaban J connectivity index is 1.60. The zero-order valence-corrected chi connectivity index (χ0v) is 20.5. The van der Waals surface area contributed by atoms with Gasteiger partial charge in [0.2, 0.25) is 6.41 Å². The van der Waals surface area contributed by atoms with Crippen molar-refractivity contribution in [3.05, 3.63) is 66.4 Å². The summed E-state index contributed by atoms with van der Waals surface area (Å²) in [7, 11) is -2.06. The van der Waals surface area contributed by atoms with Crippen molar-refractivity contribution >= 4 is 38.9 Å². The van der Waals surface area contributed by atoms with E-state index in [1.54, 1.807) is 30.8 Å². The molecule has 1 atom stereocenters. The maximum absolute atomic E-state index is 12.5. The van der Waals surface area contributed by atoms with E-state index in [0.29, 0.717) is 5.82 Å². The van der Waals surface area contributed by atoms with Crippen molar-refractivity contribution in [3.63, 3.8) is 0 Å². The van der Waals surface area contributed by atoms with E-state index in [1.807, 2.05) is 43.5 Å². The molecule has 1 amide bonds. The van der Waals surface area contributed by atoms with Crippen molar-refractivity contribution in [2.24, 2.45) is 7.05 Å². The van der Waals surface area contributed by atoms with Crippen LogP contribution in [0, 0.1) is 0 Å². The first-order valence-corrected chi connectivity index (χ1v) is 12.7. The molecule has 0 bridgehead atoms. The Kier molecular flexibility index (Phi) is 6.74. The summed E-state index contributed by atoms with van der Waals surface area (Å²) in [5, 5.41) is 5.68. The summed E-state index contributed by atoms with van der Waals surface area (Å²) in [4.78, 5) is 28.5. The van der Waals surface area contributed by atoms with Crippen LogP contribution in [0.5, 0.6) is 0 Å². The van der Waals surface area contributed by atoms with Crippen molar-refractivity contribution in [2.75, 3.05) is 17.3 Å². The largest absolute Gasteiger partial charge is 0.465 e. The van der Waals surface area contributed by atoms with Gasteiger partial charge in [0.05, 0.1) is 28.8 Å². The first-order valence-electron chi connectivity index (χ1n) is 11.1. The number of hydrogen-bond acceptors (Lipinski definition) is 6. The van der Waals surface area contributed by atoms with Crippen LogP contribution in [-0.4, -0.2) is 47.9 Å². The van der Waals surface area contributed by atoms with Gasteiger partial charge in [-0.3, -0.25) is 19.2 Å². The Morgan fingerprint density at radius 1 is 1.20 bits per heavy atom. The first kappa shape index (κ1) is 24.2. The molecule has 182 valence electrons. The van der Waals surface area contributed by atoms with Crippen LogP contribution in [0.1, 0.15) is 25.5 Å². The number of amides is 1. The Labute approximate surface area is 203 Å². The van der Waals surface area contributed by atoms with Crippen molar-refractivity contribution in [1.29, 1.82) is 0 Å². The minimum atomic E-state index is -3.82. The van der Waals surface area contributed by atoms with E-state index >= 15 is 0 Å². The van der Waals surface area contributed by atoms with Gasteiger partial charge < -0.3 is 9.72 Å². The molecule has 0 saturated heterocycles. The molecule has 0 radical (unpaired) electrons. The number of aromatic nitrogens is 3. The van der Waals surface area contributed by atoms with E-state index < -0.39 is 27.6 Å². The maximum atomic E-state index is 12.5. The molecule has 4 rings (SSSR count). The van der Waals surface area contributed by atoms with Gasteiger partial charge in [0.1, 0.15) is 5.82 Å². The highest BCUT2D eigenvalue weighted by molar-refractivity contribution is 7.92. The number of nitrogens with one attached hydrogen (secondary N) is 1. The Morgan fingerprint density at radius 3 is 2.63 bits per heavy atom. The zero-order chi connectivity index (χ0) is 25.2. The molecule has 0 aliphatic heterocycles. The third-order valence-electron chi connectivity index (χ3n) is 5.85. The van der Waals surface area contributed by atoms with Crippen molar-refractivity contribution in [2.45, 2.75) is 24.8 Å². The van der Waals surface area contributed by atoms with Crippen LogP contribution < -0.4 is 4.90 Å². The number of sulfone groups is 1. The fourth-order valence-electron chi connectivity index (χ4n) is 4.03. The predicted octanol–water partition coefficient (Wildman–Crippen LogP) is 3.63. The first-order chi connectivity index (χ1) is 16.7. The van der Waals surface area contributed by atoms with Gasteiger partial charge in [-0.15, -0.1) is 0 Å².